The summed E-state index contributed by atoms with van der Waals surface area (Å²) in [6, 6.07) is 17.3. The fourth-order valence-corrected chi connectivity index (χ4v) is 2.93. The predicted molar refractivity (Wildman–Crippen MR) is 94.7 cm³/mol. The highest BCUT2D eigenvalue weighted by Gasteiger charge is 2.14. The minimum Gasteiger partial charge on any atom is -0.309 e. The van der Waals surface area contributed by atoms with E-state index in [4.69, 9.17) is 5.14 Å². The molecule has 3 rings (SSSR count). The third-order valence-corrected chi connectivity index (χ3v) is 4.42. The van der Waals surface area contributed by atoms with E-state index in [2.05, 4.69) is 10.4 Å². The highest BCUT2D eigenvalue weighted by atomic mass is 32.2. The maximum Gasteiger partial charge on any atom is 0.238 e. The summed E-state index contributed by atoms with van der Waals surface area (Å²) in [7, 11) is -3.76. The normalized spacial score (nSPS) is 11.3. The van der Waals surface area contributed by atoms with E-state index < -0.39 is 10.0 Å². The monoisotopic (exact) mass is 356 g/mol. The van der Waals surface area contributed by atoms with Crippen LogP contribution in [0.4, 0.5) is 5.82 Å². The first-order valence-electron chi connectivity index (χ1n) is 7.41. The van der Waals surface area contributed by atoms with Gasteiger partial charge in [-0.2, -0.15) is 0 Å². The zero-order chi connectivity index (χ0) is 18.0. The Kier molecular flexibility index (Phi) is 4.39. The molecular weight excluding hydrogens is 340 g/mol. The number of hydrogen-bond donors (Lipinski definition) is 2. The maximum absolute atomic E-state index is 11.4. The van der Waals surface area contributed by atoms with Crippen LogP contribution in [0.5, 0.6) is 0 Å². The van der Waals surface area contributed by atoms with Crippen molar-refractivity contribution >= 4 is 21.7 Å². The van der Waals surface area contributed by atoms with Gasteiger partial charge >= 0.3 is 0 Å². The number of carbonyl (C=O) groups excluding carboxylic acids is 1. The number of aromatic nitrogens is 2. The molecule has 7 nitrogen and oxygen atoms in total. The number of anilines is 1. The Hall–Kier alpha value is -2.97. The van der Waals surface area contributed by atoms with Gasteiger partial charge in [-0.15, -0.1) is 5.10 Å². The number of hydrogen-bond acceptors (Lipinski definition) is 4. The molecule has 0 fully saturated rings. The molecule has 0 aliphatic carbocycles. The highest BCUT2D eigenvalue weighted by molar-refractivity contribution is 7.89. The smallest absolute Gasteiger partial charge is 0.238 e. The standard InChI is InChI=1S/C17H16N4O3S/c1-12(22)19-17-11-16(13-5-3-2-4-6-13)21(20-17)14-7-9-15(10-8-14)25(18,23)24/h2-11H,1H3,(H2,18,23,24)(H,19,20,22). The van der Waals surface area contributed by atoms with Crippen LogP contribution in [-0.2, 0) is 14.8 Å². The summed E-state index contributed by atoms with van der Waals surface area (Å²) in [5.74, 6) is 0.177. The van der Waals surface area contributed by atoms with Gasteiger partial charge in [0.15, 0.2) is 5.82 Å². The Morgan fingerprint density at radius 3 is 2.28 bits per heavy atom. The predicted octanol–water partition coefficient (Wildman–Crippen LogP) is 2.15. The van der Waals surface area contributed by atoms with E-state index in [9.17, 15) is 13.2 Å². The lowest BCUT2D eigenvalue weighted by molar-refractivity contribution is -0.114. The Labute approximate surface area is 145 Å². The molecule has 128 valence electrons. The average molecular weight is 356 g/mol. The van der Waals surface area contributed by atoms with E-state index in [1.165, 1.54) is 19.1 Å². The van der Waals surface area contributed by atoms with Gasteiger partial charge in [0.2, 0.25) is 15.9 Å². The summed E-state index contributed by atoms with van der Waals surface area (Å²) in [5, 5.41) is 12.2. The summed E-state index contributed by atoms with van der Waals surface area (Å²) in [6.45, 7) is 1.40. The maximum atomic E-state index is 11.4. The highest BCUT2D eigenvalue weighted by Crippen LogP contribution is 2.26. The molecule has 0 aliphatic heterocycles. The van der Waals surface area contributed by atoms with Gasteiger partial charge in [-0.1, -0.05) is 30.3 Å². The molecular formula is C17H16N4O3S. The summed E-state index contributed by atoms with van der Waals surface area (Å²) >= 11 is 0. The Morgan fingerprint density at radius 1 is 1.08 bits per heavy atom. The van der Waals surface area contributed by atoms with Gasteiger partial charge in [-0.3, -0.25) is 4.79 Å². The van der Waals surface area contributed by atoms with Gasteiger partial charge in [0.05, 0.1) is 16.3 Å². The third-order valence-electron chi connectivity index (χ3n) is 3.49. The van der Waals surface area contributed by atoms with Crippen LogP contribution in [0, 0.1) is 0 Å². The molecule has 0 bridgehead atoms. The van der Waals surface area contributed by atoms with Crippen molar-refractivity contribution in [3.8, 4) is 16.9 Å². The number of nitrogens with two attached hydrogens (primary N) is 1. The van der Waals surface area contributed by atoms with E-state index in [0.717, 1.165) is 11.3 Å². The zero-order valence-corrected chi connectivity index (χ0v) is 14.2. The first-order valence-corrected chi connectivity index (χ1v) is 8.95. The van der Waals surface area contributed by atoms with Crippen molar-refractivity contribution in [3.63, 3.8) is 0 Å². The van der Waals surface area contributed by atoms with Gasteiger partial charge in [-0.05, 0) is 24.3 Å². The largest absolute Gasteiger partial charge is 0.309 e. The van der Waals surface area contributed by atoms with E-state index in [0.29, 0.717) is 11.5 Å². The van der Waals surface area contributed by atoms with E-state index in [-0.39, 0.29) is 10.8 Å². The zero-order valence-electron chi connectivity index (χ0n) is 13.4. The molecule has 0 atom stereocenters. The Morgan fingerprint density at radius 2 is 1.72 bits per heavy atom. The van der Waals surface area contributed by atoms with Crippen LogP contribution in [-0.4, -0.2) is 24.1 Å². The molecule has 0 saturated carbocycles. The minimum atomic E-state index is -3.76. The second-order valence-electron chi connectivity index (χ2n) is 5.41. The number of benzene rings is 2. The van der Waals surface area contributed by atoms with Crippen LogP contribution in [0.1, 0.15) is 6.92 Å². The van der Waals surface area contributed by atoms with Crippen LogP contribution in [0.2, 0.25) is 0 Å². The van der Waals surface area contributed by atoms with Crippen LogP contribution >= 0.6 is 0 Å². The van der Waals surface area contributed by atoms with Gasteiger partial charge in [0.1, 0.15) is 0 Å². The first kappa shape index (κ1) is 16.9. The van der Waals surface area contributed by atoms with E-state index in [1.807, 2.05) is 30.3 Å². The molecule has 0 aliphatic rings. The summed E-state index contributed by atoms with van der Waals surface area (Å²) in [5.41, 5.74) is 2.30. The van der Waals surface area contributed by atoms with Crippen LogP contribution in [0.3, 0.4) is 0 Å². The molecule has 0 spiro atoms. The molecule has 8 heteroatoms. The molecule has 1 aromatic heterocycles. The fraction of sp³-hybridized carbons (Fsp3) is 0.0588. The molecule has 3 aromatic rings. The number of nitrogens with zero attached hydrogens (tertiary/aromatic N) is 2. The molecule has 1 heterocycles. The van der Waals surface area contributed by atoms with Gasteiger partial charge in [-0.25, -0.2) is 18.2 Å². The van der Waals surface area contributed by atoms with E-state index in [1.54, 1.807) is 22.9 Å². The summed E-state index contributed by atoms with van der Waals surface area (Å²) in [4.78, 5) is 11.3. The Bertz CT molecular complexity index is 1010. The third kappa shape index (κ3) is 3.76. The summed E-state index contributed by atoms with van der Waals surface area (Å²) in [6.07, 6.45) is 0. The van der Waals surface area contributed by atoms with Crippen LogP contribution < -0.4 is 10.5 Å². The van der Waals surface area contributed by atoms with Crippen LogP contribution in [0.15, 0.2) is 65.6 Å². The first-order chi connectivity index (χ1) is 11.8. The van der Waals surface area contributed by atoms with Crippen molar-refractivity contribution in [1.82, 2.24) is 9.78 Å². The molecule has 2 aromatic carbocycles. The number of nitrogens with one attached hydrogen (secondary N) is 1. The molecule has 0 radical (unpaired) electrons. The Balaban J connectivity index is 2.11. The van der Waals surface area contributed by atoms with Gasteiger partial charge in [0.25, 0.3) is 0 Å². The van der Waals surface area contributed by atoms with Crippen molar-refractivity contribution in [2.45, 2.75) is 11.8 Å². The van der Waals surface area contributed by atoms with E-state index >= 15 is 0 Å². The lowest BCUT2D eigenvalue weighted by Crippen LogP contribution is -2.12. The molecule has 0 unspecified atom stereocenters. The number of carbonyl (C=O) groups is 1. The average Bonchev–Trinajstić information content (AvgIpc) is 2.98. The number of rotatable bonds is 4. The van der Waals surface area contributed by atoms with Crippen molar-refractivity contribution in [1.29, 1.82) is 0 Å². The molecule has 25 heavy (non-hydrogen) atoms. The molecule has 0 saturated heterocycles. The topological polar surface area (TPSA) is 107 Å². The molecule has 1 amide bonds. The lowest BCUT2D eigenvalue weighted by Gasteiger charge is -2.08. The fourth-order valence-electron chi connectivity index (χ4n) is 2.41. The van der Waals surface area contributed by atoms with Crippen LogP contribution in [0.25, 0.3) is 16.9 Å². The lowest BCUT2D eigenvalue weighted by atomic mass is 10.1. The SMILES string of the molecule is CC(=O)Nc1cc(-c2ccccc2)n(-c2ccc(S(N)(=O)=O)cc2)n1. The minimum absolute atomic E-state index is 0.0201. The number of primary sulfonamides is 1. The van der Waals surface area contributed by atoms with Gasteiger partial charge < -0.3 is 5.32 Å². The second-order valence-corrected chi connectivity index (χ2v) is 6.97. The second kappa shape index (κ2) is 6.50. The molecule has 3 N–H and O–H groups in total. The number of sulfonamides is 1. The number of amides is 1. The van der Waals surface area contributed by atoms with Crippen molar-refractivity contribution in [3.05, 3.63) is 60.7 Å². The van der Waals surface area contributed by atoms with Crippen molar-refractivity contribution in [2.24, 2.45) is 5.14 Å². The van der Waals surface area contributed by atoms with Gasteiger partial charge in [0, 0.05) is 18.6 Å². The summed E-state index contributed by atoms with van der Waals surface area (Å²) < 4.78 is 24.4. The van der Waals surface area contributed by atoms with Crippen molar-refractivity contribution < 1.29 is 13.2 Å². The van der Waals surface area contributed by atoms with Crippen molar-refractivity contribution in [2.75, 3.05) is 5.32 Å². The quantitative estimate of drug-likeness (QED) is 0.747.